The number of nitrogens with zero attached hydrogens (tertiary/aromatic N) is 5. The predicted octanol–water partition coefficient (Wildman–Crippen LogP) is 2.90. The third-order valence-electron chi connectivity index (χ3n) is 3.46. The molecule has 5 nitrogen and oxygen atoms in total. The molecule has 3 heterocycles. The van der Waals surface area contributed by atoms with E-state index in [2.05, 4.69) is 19.4 Å². The number of aromatic nitrogens is 4. The van der Waals surface area contributed by atoms with E-state index in [4.69, 9.17) is 0 Å². The third kappa shape index (κ3) is 3.02. The number of piperidine rings is 1. The van der Waals surface area contributed by atoms with Gasteiger partial charge in [0.2, 0.25) is 5.13 Å². The molecule has 114 valence electrons. The third-order valence-corrected chi connectivity index (χ3v) is 4.33. The molecule has 1 fully saturated rings. The van der Waals surface area contributed by atoms with Crippen LogP contribution in [0.2, 0.25) is 0 Å². The van der Waals surface area contributed by atoms with Crippen LogP contribution in [0.4, 0.5) is 18.3 Å². The normalized spacial score (nSPS) is 20.0. The average molecular weight is 317 g/mol. The molecular formula is C12H14F3N5S. The van der Waals surface area contributed by atoms with Gasteiger partial charge in [-0.1, -0.05) is 0 Å². The lowest BCUT2D eigenvalue weighted by Gasteiger charge is -2.32. The zero-order valence-electron chi connectivity index (χ0n) is 11.3. The minimum Gasteiger partial charge on any atom is -0.345 e. The van der Waals surface area contributed by atoms with E-state index in [9.17, 15) is 13.2 Å². The molecule has 0 bridgehead atoms. The van der Waals surface area contributed by atoms with Crippen molar-refractivity contribution in [3.63, 3.8) is 0 Å². The van der Waals surface area contributed by atoms with E-state index in [1.807, 2.05) is 6.92 Å². The molecule has 0 aromatic carbocycles. The molecule has 2 aromatic heterocycles. The van der Waals surface area contributed by atoms with E-state index < -0.39 is 11.9 Å². The van der Waals surface area contributed by atoms with Gasteiger partial charge in [-0.25, -0.2) is 4.98 Å². The molecule has 0 radical (unpaired) electrons. The van der Waals surface area contributed by atoms with Gasteiger partial charge in [-0.05, 0) is 25.8 Å². The van der Waals surface area contributed by atoms with Crippen LogP contribution in [0.3, 0.4) is 0 Å². The Kier molecular flexibility index (Phi) is 3.60. The van der Waals surface area contributed by atoms with Crippen LogP contribution in [0, 0.1) is 6.92 Å². The highest BCUT2D eigenvalue weighted by Gasteiger charge is 2.34. The monoisotopic (exact) mass is 317 g/mol. The Bertz CT molecular complexity index is 620. The topological polar surface area (TPSA) is 46.8 Å². The van der Waals surface area contributed by atoms with Crippen LogP contribution in [-0.4, -0.2) is 32.2 Å². The van der Waals surface area contributed by atoms with E-state index >= 15 is 0 Å². The molecule has 0 aliphatic carbocycles. The lowest BCUT2D eigenvalue weighted by atomic mass is 10.1. The Morgan fingerprint density at radius 1 is 1.38 bits per heavy atom. The standard InChI is InChI=1S/C12H14F3N5S/c1-8-16-11(21-18-8)19-5-2-3-9(7-19)20-6-4-10(17-20)12(13,14)15/h4,6,9H,2-3,5,7H2,1H3. The summed E-state index contributed by atoms with van der Waals surface area (Å²) in [5.41, 5.74) is -0.841. The summed E-state index contributed by atoms with van der Waals surface area (Å²) >= 11 is 1.32. The molecule has 1 saturated heterocycles. The summed E-state index contributed by atoms with van der Waals surface area (Å²) in [6.07, 6.45) is -1.28. The summed E-state index contributed by atoms with van der Waals surface area (Å²) in [6, 6.07) is 0.952. The van der Waals surface area contributed by atoms with Gasteiger partial charge in [-0.3, -0.25) is 4.68 Å². The summed E-state index contributed by atoms with van der Waals surface area (Å²) in [5, 5.41) is 4.49. The van der Waals surface area contributed by atoms with Crippen molar-refractivity contribution < 1.29 is 13.2 Å². The highest BCUT2D eigenvalue weighted by atomic mass is 32.1. The molecule has 0 amide bonds. The summed E-state index contributed by atoms with van der Waals surface area (Å²) in [4.78, 5) is 6.39. The van der Waals surface area contributed by atoms with Crippen molar-refractivity contribution in [1.82, 2.24) is 19.1 Å². The number of hydrogen-bond acceptors (Lipinski definition) is 5. The van der Waals surface area contributed by atoms with E-state index in [1.165, 1.54) is 22.4 Å². The summed E-state index contributed by atoms with van der Waals surface area (Å²) < 4.78 is 43.4. The van der Waals surface area contributed by atoms with Crippen LogP contribution in [0.25, 0.3) is 0 Å². The molecule has 1 atom stereocenters. The minimum absolute atomic E-state index is 0.0703. The molecule has 9 heteroatoms. The van der Waals surface area contributed by atoms with Gasteiger partial charge in [0.1, 0.15) is 5.82 Å². The second-order valence-corrected chi connectivity index (χ2v) is 5.78. The first-order valence-corrected chi connectivity index (χ1v) is 7.38. The first-order valence-electron chi connectivity index (χ1n) is 6.61. The van der Waals surface area contributed by atoms with Gasteiger partial charge in [-0.2, -0.15) is 22.6 Å². The first-order chi connectivity index (χ1) is 9.93. The van der Waals surface area contributed by atoms with Gasteiger partial charge in [0.25, 0.3) is 0 Å². The number of halogens is 3. The van der Waals surface area contributed by atoms with Crippen molar-refractivity contribution in [3.05, 3.63) is 23.8 Å². The fourth-order valence-electron chi connectivity index (χ4n) is 2.45. The largest absolute Gasteiger partial charge is 0.435 e. The average Bonchev–Trinajstić information content (AvgIpc) is 3.07. The van der Waals surface area contributed by atoms with Crippen LogP contribution in [0.15, 0.2) is 12.3 Å². The molecule has 1 aliphatic heterocycles. The maximum absolute atomic E-state index is 12.6. The fraction of sp³-hybridized carbons (Fsp3) is 0.583. The van der Waals surface area contributed by atoms with E-state index in [1.54, 1.807) is 0 Å². The first kappa shape index (κ1) is 14.3. The fourth-order valence-corrected chi connectivity index (χ4v) is 3.16. The Labute approximate surface area is 123 Å². The molecule has 21 heavy (non-hydrogen) atoms. The van der Waals surface area contributed by atoms with Crippen LogP contribution in [-0.2, 0) is 6.18 Å². The smallest absolute Gasteiger partial charge is 0.345 e. The summed E-state index contributed by atoms with van der Waals surface area (Å²) in [5.74, 6) is 0.718. The van der Waals surface area contributed by atoms with Crippen molar-refractivity contribution in [3.8, 4) is 0 Å². The second kappa shape index (κ2) is 5.28. The SMILES string of the molecule is Cc1nsc(N2CCCC(n3ccc(C(F)(F)F)n3)C2)n1. The molecular weight excluding hydrogens is 303 g/mol. The highest BCUT2D eigenvalue weighted by molar-refractivity contribution is 7.09. The number of aryl methyl sites for hydroxylation is 1. The van der Waals surface area contributed by atoms with Crippen molar-refractivity contribution in [2.75, 3.05) is 18.0 Å². The van der Waals surface area contributed by atoms with E-state index in [0.717, 1.165) is 36.4 Å². The van der Waals surface area contributed by atoms with Crippen LogP contribution in [0.1, 0.15) is 30.4 Å². The molecule has 0 spiro atoms. The molecule has 1 unspecified atom stereocenters. The summed E-state index contributed by atoms with van der Waals surface area (Å²) in [6.45, 7) is 3.27. The van der Waals surface area contributed by atoms with Crippen molar-refractivity contribution in [2.45, 2.75) is 32.0 Å². The van der Waals surface area contributed by atoms with Crippen molar-refractivity contribution >= 4 is 16.7 Å². The maximum Gasteiger partial charge on any atom is 0.435 e. The van der Waals surface area contributed by atoms with Gasteiger partial charge < -0.3 is 4.90 Å². The Balaban J connectivity index is 1.75. The quantitative estimate of drug-likeness (QED) is 0.854. The molecule has 0 saturated carbocycles. The number of hydrogen-bond donors (Lipinski definition) is 0. The van der Waals surface area contributed by atoms with Crippen LogP contribution in [0.5, 0.6) is 0 Å². The molecule has 2 aromatic rings. The van der Waals surface area contributed by atoms with Crippen LogP contribution < -0.4 is 4.90 Å². The van der Waals surface area contributed by atoms with Crippen molar-refractivity contribution in [2.24, 2.45) is 0 Å². The second-order valence-electron chi connectivity index (χ2n) is 5.04. The van der Waals surface area contributed by atoms with Gasteiger partial charge >= 0.3 is 6.18 Å². The Hall–Kier alpha value is -1.64. The number of anilines is 1. The van der Waals surface area contributed by atoms with E-state index in [0.29, 0.717) is 6.54 Å². The molecule has 3 rings (SSSR count). The maximum atomic E-state index is 12.6. The van der Waals surface area contributed by atoms with Gasteiger partial charge in [0, 0.05) is 30.8 Å². The lowest BCUT2D eigenvalue weighted by molar-refractivity contribution is -0.141. The van der Waals surface area contributed by atoms with Gasteiger partial charge in [-0.15, -0.1) is 0 Å². The predicted molar refractivity (Wildman–Crippen MR) is 72.4 cm³/mol. The Morgan fingerprint density at radius 2 is 2.19 bits per heavy atom. The highest BCUT2D eigenvalue weighted by Crippen LogP contribution is 2.30. The zero-order valence-corrected chi connectivity index (χ0v) is 12.2. The number of rotatable bonds is 2. The molecule has 0 N–H and O–H groups in total. The molecule has 1 aliphatic rings. The van der Waals surface area contributed by atoms with Crippen molar-refractivity contribution in [1.29, 1.82) is 0 Å². The van der Waals surface area contributed by atoms with E-state index in [-0.39, 0.29) is 6.04 Å². The van der Waals surface area contributed by atoms with Gasteiger partial charge in [0.15, 0.2) is 5.69 Å². The van der Waals surface area contributed by atoms with Crippen LogP contribution >= 0.6 is 11.5 Å². The Morgan fingerprint density at radius 3 is 2.81 bits per heavy atom. The van der Waals surface area contributed by atoms with Gasteiger partial charge in [0.05, 0.1) is 6.04 Å². The summed E-state index contributed by atoms with van der Waals surface area (Å²) in [7, 11) is 0. The lowest BCUT2D eigenvalue weighted by Crippen LogP contribution is -2.36. The minimum atomic E-state index is -4.39. The number of alkyl halides is 3. The zero-order chi connectivity index (χ0) is 15.0.